The molecule has 0 atom stereocenters. The van der Waals surface area contributed by atoms with Gasteiger partial charge in [0.2, 0.25) is 5.91 Å². The van der Waals surface area contributed by atoms with Crippen LogP contribution in [0.4, 0.5) is 18.9 Å². The van der Waals surface area contributed by atoms with E-state index < -0.39 is 28.9 Å². The molecule has 23 heavy (non-hydrogen) atoms. The van der Waals surface area contributed by atoms with Crippen LogP contribution in [0.2, 0.25) is 5.02 Å². The molecule has 2 amide bonds. The first-order valence-corrected chi connectivity index (χ1v) is 7.95. The Bertz CT molecular complexity index is 594. The van der Waals surface area contributed by atoms with Crippen molar-refractivity contribution >= 4 is 40.9 Å². The third-order valence-electron chi connectivity index (χ3n) is 2.95. The maximum Gasteiger partial charge on any atom is 0.442 e. The number of benzene rings is 1. The fourth-order valence-corrected chi connectivity index (χ4v) is 2.06. The van der Waals surface area contributed by atoms with Crippen LogP contribution in [0.15, 0.2) is 18.2 Å². The highest BCUT2D eigenvalue weighted by molar-refractivity contribution is 8.00. The third kappa shape index (κ3) is 6.31. The van der Waals surface area contributed by atoms with E-state index in [1.54, 1.807) is 7.05 Å². The number of nitrogens with zero attached hydrogens (tertiary/aromatic N) is 1. The molecule has 128 valence electrons. The first kappa shape index (κ1) is 19.6. The van der Waals surface area contributed by atoms with Gasteiger partial charge >= 0.3 is 5.51 Å². The number of amides is 2. The van der Waals surface area contributed by atoms with E-state index in [9.17, 15) is 22.8 Å². The summed E-state index contributed by atoms with van der Waals surface area (Å²) in [4.78, 5) is 25.3. The van der Waals surface area contributed by atoms with Crippen LogP contribution in [-0.4, -0.2) is 41.1 Å². The number of hydrogen-bond donors (Lipinski definition) is 1. The highest BCUT2D eigenvalue weighted by Gasteiger charge is 2.29. The summed E-state index contributed by atoms with van der Waals surface area (Å²) in [6.07, 6.45) is 0. The number of carbonyl (C=O) groups excluding carboxylic acids is 2. The van der Waals surface area contributed by atoms with Crippen LogP contribution in [0.5, 0.6) is 0 Å². The van der Waals surface area contributed by atoms with Crippen molar-refractivity contribution in [2.75, 3.05) is 18.1 Å². The van der Waals surface area contributed by atoms with Crippen molar-refractivity contribution in [3.63, 3.8) is 0 Å². The van der Waals surface area contributed by atoms with Gasteiger partial charge in [-0.15, -0.1) is 0 Å². The van der Waals surface area contributed by atoms with E-state index in [1.807, 2.05) is 13.8 Å². The summed E-state index contributed by atoms with van der Waals surface area (Å²) < 4.78 is 36.2. The minimum Gasteiger partial charge on any atom is -0.339 e. The topological polar surface area (TPSA) is 49.4 Å². The monoisotopic (exact) mass is 368 g/mol. The average molecular weight is 369 g/mol. The maximum absolute atomic E-state index is 12.2. The van der Waals surface area contributed by atoms with Crippen LogP contribution in [0, 0.1) is 0 Å². The summed E-state index contributed by atoms with van der Waals surface area (Å²) in [5.41, 5.74) is -4.11. The van der Waals surface area contributed by atoms with E-state index >= 15 is 0 Å². The lowest BCUT2D eigenvalue weighted by Crippen LogP contribution is -2.33. The lowest BCUT2D eigenvalue weighted by Gasteiger charge is -2.22. The first-order valence-electron chi connectivity index (χ1n) is 6.58. The number of hydrogen-bond acceptors (Lipinski definition) is 3. The number of alkyl halides is 3. The Balaban J connectivity index is 2.86. The molecule has 0 spiro atoms. The molecule has 1 N–H and O–H groups in total. The summed E-state index contributed by atoms with van der Waals surface area (Å²) in [7, 11) is 1.62. The standard InChI is InChI=1S/C14H16ClF3N2O2S/c1-8(2)20(3)13(22)9-4-5-10(15)11(6-9)19-12(21)7-23-14(16,17)18/h4-6,8H,7H2,1-3H3,(H,19,21). The van der Waals surface area contributed by atoms with E-state index in [0.717, 1.165) is 0 Å². The molecule has 0 aliphatic heterocycles. The van der Waals surface area contributed by atoms with Gasteiger partial charge in [0, 0.05) is 18.7 Å². The van der Waals surface area contributed by atoms with Crippen LogP contribution in [0.25, 0.3) is 0 Å². The van der Waals surface area contributed by atoms with E-state index in [2.05, 4.69) is 5.32 Å². The number of rotatable bonds is 5. The highest BCUT2D eigenvalue weighted by atomic mass is 35.5. The fourth-order valence-electron chi connectivity index (χ4n) is 1.53. The van der Waals surface area contributed by atoms with Crippen molar-refractivity contribution in [1.82, 2.24) is 4.90 Å². The van der Waals surface area contributed by atoms with E-state index in [1.165, 1.54) is 23.1 Å². The fraction of sp³-hybridized carbons (Fsp3) is 0.429. The summed E-state index contributed by atoms with van der Waals surface area (Å²) in [5, 5.41) is 2.42. The van der Waals surface area contributed by atoms with Crippen molar-refractivity contribution in [2.45, 2.75) is 25.4 Å². The van der Waals surface area contributed by atoms with Gasteiger partial charge in [-0.25, -0.2) is 0 Å². The zero-order valence-electron chi connectivity index (χ0n) is 12.7. The van der Waals surface area contributed by atoms with Crippen molar-refractivity contribution in [3.05, 3.63) is 28.8 Å². The normalized spacial score (nSPS) is 11.5. The van der Waals surface area contributed by atoms with Gasteiger partial charge in [0.05, 0.1) is 16.5 Å². The minimum absolute atomic E-state index is 0.0283. The molecule has 1 aromatic carbocycles. The summed E-state index contributed by atoms with van der Waals surface area (Å²) in [5.74, 6) is -1.92. The van der Waals surface area contributed by atoms with Gasteiger partial charge < -0.3 is 10.2 Å². The maximum atomic E-state index is 12.2. The lowest BCUT2D eigenvalue weighted by molar-refractivity contribution is -0.114. The molecule has 0 unspecified atom stereocenters. The zero-order chi connectivity index (χ0) is 17.8. The van der Waals surface area contributed by atoms with E-state index in [0.29, 0.717) is 0 Å². The number of anilines is 1. The van der Waals surface area contributed by atoms with Gasteiger partial charge in [0.1, 0.15) is 0 Å². The molecular formula is C14H16ClF3N2O2S. The van der Waals surface area contributed by atoms with Crippen LogP contribution in [-0.2, 0) is 4.79 Å². The number of halogens is 4. The smallest absolute Gasteiger partial charge is 0.339 e. The molecular weight excluding hydrogens is 353 g/mol. The van der Waals surface area contributed by atoms with Crippen molar-refractivity contribution in [1.29, 1.82) is 0 Å². The third-order valence-corrected chi connectivity index (χ3v) is 4.01. The molecule has 1 rings (SSSR count). The SMILES string of the molecule is CC(C)N(C)C(=O)c1ccc(Cl)c(NC(=O)CSC(F)(F)F)c1. The number of nitrogens with one attached hydrogen (secondary N) is 1. The van der Waals surface area contributed by atoms with Gasteiger partial charge in [-0.1, -0.05) is 11.6 Å². The second-order valence-corrected chi connectivity index (χ2v) is 6.43. The molecule has 0 aromatic heterocycles. The Morgan fingerprint density at radius 1 is 1.35 bits per heavy atom. The van der Waals surface area contributed by atoms with Gasteiger partial charge in [-0.3, -0.25) is 9.59 Å². The molecule has 0 bridgehead atoms. The van der Waals surface area contributed by atoms with Crippen LogP contribution in [0.1, 0.15) is 24.2 Å². The molecule has 0 saturated heterocycles. The van der Waals surface area contributed by atoms with Gasteiger partial charge in [-0.2, -0.15) is 13.2 Å². The Hall–Kier alpha value is -1.41. The Labute approximate surface area is 141 Å². The minimum atomic E-state index is -4.49. The predicted octanol–water partition coefficient (Wildman–Crippen LogP) is 4.01. The summed E-state index contributed by atoms with van der Waals surface area (Å²) >= 11 is 5.46. The average Bonchev–Trinajstić information content (AvgIpc) is 2.45. The summed E-state index contributed by atoms with van der Waals surface area (Å²) in [6, 6.07) is 4.22. The van der Waals surface area contributed by atoms with E-state index in [-0.39, 0.29) is 28.2 Å². The Morgan fingerprint density at radius 2 is 1.96 bits per heavy atom. The van der Waals surface area contributed by atoms with Crippen molar-refractivity contribution in [3.8, 4) is 0 Å². The highest BCUT2D eigenvalue weighted by Crippen LogP contribution is 2.30. The van der Waals surface area contributed by atoms with Gasteiger partial charge in [-0.05, 0) is 43.8 Å². The molecule has 0 aliphatic carbocycles. The molecule has 0 aliphatic rings. The zero-order valence-corrected chi connectivity index (χ0v) is 14.3. The largest absolute Gasteiger partial charge is 0.442 e. The van der Waals surface area contributed by atoms with E-state index in [4.69, 9.17) is 11.6 Å². The molecule has 0 fully saturated rings. The van der Waals surface area contributed by atoms with Crippen LogP contribution < -0.4 is 5.32 Å². The van der Waals surface area contributed by atoms with Crippen LogP contribution >= 0.6 is 23.4 Å². The number of carbonyl (C=O) groups is 2. The van der Waals surface area contributed by atoms with Gasteiger partial charge in [0.15, 0.2) is 0 Å². The first-order chi connectivity index (χ1) is 10.5. The predicted molar refractivity (Wildman–Crippen MR) is 85.8 cm³/mol. The van der Waals surface area contributed by atoms with Crippen molar-refractivity contribution < 1.29 is 22.8 Å². The second-order valence-electron chi connectivity index (χ2n) is 4.99. The quantitative estimate of drug-likeness (QED) is 0.854. The Morgan fingerprint density at radius 3 is 2.48 bits per heavy atom. The molecule has 0 saturated carbocycles. The van der Waals surface area contributed by atoms with Crippen molar-refractivity contribution in [2.24, 2.45) is 0 Å². The second kappa shape index (κ2) is 7.92. The number of thioether (sulfide) groups is 1. The molecule has 1 aromatic rings. The van der Waals surface area contributed by atoms with Crippen LogP contribution in [0.3, 0.4) is 0 Å². The Kier molecular flexibility index (Phi) is 6.76. The lowest BCUT2D eigenvalue weighted by atomic mass is 10.1. The summed E-state index contributed by atoms with van der Waals surface area (Å²) in [6.45, 7) is 3.68. The molecule has 0 radical (unpaired) electrons. The molecule has 0 heterocycles. The molecule has 4 nitrogen and oxygen atoms in total. The van der Waals surface area contributed by atoms with Gasteiger partial charge in [0.25, 0.3) is 5.91 Å². The molecule has 9 heteroatoms.